The maximum absolute atomic E-state index is 13.1. The van der Waals surface area contributed by atoms with Gasteiger partial charge in [0.15, 0.2) is 0 Å². The molecule has 0 aliphatic rings. The molecule has 20 heteroatoms. The Balaban J connectivity index is 0.00000172. The molecular formula is C57H76N3O16P. The Morgan fingerprint density at radius 1 is 0.623 bits per heavy atom. The Morgan fingerprint density at radius 2 is 1.08 bits per heavy atom. The number of benzene rings is 4. The molecule has 4 aromatic rings. The average molecular weight is 1090 g/mol. The van der Waals surface area contributed by atoms with E-state index >= 15 is 0 Å². The maximum atomic E-state index is 13.1. The molecule has 0 saturated carbocycles. The van der Waals surface area contributed by atoms with Crippen LogP contribution in [0.1, 0.15) is 132 Å². The number of nitrogen functional groups attached to an aromatic ring is 1. The summed E-state index contributed by atoms with van der Waals surface area (Å²) in [6.07, 6.45) is 3.90. The zero-order valence-corrected chi connectivity index (χ0v) is 46.0. The predicted octanol–water partition coefficient (Wildman–Crippen LogP) is 10.1. The summed E-state index contributed by atoms with van der Waals surface area (Å²) < 4.78 is 35.6. The fourth-order valence-electron chi connectivity index (χ4n) is 6.82. The van der Waals surface area contributed by atoms with Gasteiger partial charge in [-0.2, -0.15) is 0 Å². The molecule has 0 aliphatic carbocycles. The van der Waals surface area contributed by atoms with Crippen molar-refractivity contribution in [3.05, 3.63) is 128 Å². The third-order valence-corrected chi connectivity index (χ3v) is 11.0. The number of carbonyl (C=O) groups excluding carboxylic acids is 9. The minimum atomic E-state index is -0.812. The SMILES string of the molecule is C.CC.CC(=O)OCc1cc(COC(C)=O)c(N)c(COC(C)=O)c1.CC=O.CCC(Cc1ccc(NC)cc1)c1ccc(/C=C(\COC=O)COC(=O)Nc2c(COC(C)=O)cc(COC(C)=O)cc2CPC=O)cc1. The molecule has 0 spiro atoms. The number of aldehydes is 1. The first-order valence-corrected chi connectivity index (χ1v) is 25.5. The molecule has 420 valence electrons. The number of rotatable bonds is 25. The normalized spacial score (nSPS) is 10.6. The van der Waals surface area contributed by atoms with Crippen molar-refractivity contribution in [1.82, 2.24) is 0 Å². The second kappa shape index (κ2) is 39.5. The summed E-state index contributed by atoms with van der Waals surface area (Å²) in [6.45, 7) is 13.9. The van der Waals surface area contributed by atoms with Gasteiger partial charge in [-0.1, -0.05) is 64.6 Å². The molecule has 0 aliphatic heterocycles. The van der Waals surface area contributed by atoms with Gasteiger partial charge in [0.1, 0.15) is 58.6 Å². The predicted molar refractivity (Wildman–Crippen MR) is 297 cm³/mol. The average Bonchev–Trinajstić information content (AvgIpc) is 3.39. The van der Waals surface area contributed by atoms with E-state index < -0.39 is 35.9 Å². The molecule has 1 amide bonds. The Kier molecular flexibility index (Phi) is 35.4. The van der Waals surface area contributed by atoms with Crippen LogP contribution >= 0.6 is 8.58 Å². The molecule has 4 N–H and O–H groups in total. The molecule has 0 saturated heterocycles. The van der Waals surface area contributed by atoms with Crippen molar-refractivity contribution in [3.63, 3.8) is 0 Å². The van der Waals surface area contributed by atoms with Crippen LogP contribution in [-0.2, 0) is 117 Å². The molecule has 0 radical (unpaired) electrons. The highest BCUT2D eigenvalue weighted by Gasteiger charge is 2.18. The molecule has 4 aromatic carbocycles. The molecule has 77 heavy (non-hydrogen) atoms. The minimum Gasteiger partial charge on any atom is -0.463 e. The van der Waals surface area contributed by atoms with Crippen molar-refractivity contribution in [2.24, 2.45) is 0 Å². The first-order chi connectivity index (χ1) is 36.4. The molecule has 2 atom stereocenters. The molecule has 2 unspecified atom stereocenters. The second-order valence-electron chi connectivity index (χ2n) is 16.1. The lowest BCUT2D eigenvalue weighted by Gasteiger charge is -2.18. The summed E-state index contributed by atoms with van der Waals surface area (Å²) in [5.41, 5.74) is 15.0. The lowest BCUT2D eigenvalue weighted by molar-refractivity contribution is -0.143. The van der Waals surface area contributed by atoms with Gasteiger partial charge in [-0.3, -0.25) is 38.9 Å². The van der Waals surface area contributed by atoms with E-state index in [9.17, 15) is 38.4 Å². The zero-order chi connectivity index (χ0) is 57.0. The van der Waals surface area contributed by atoms with Crippen molar-refractivity contribution >= 4 is 86.4 Å². The second-order valence-corrected chi connectivity index (χ2v) is 17.1. The fraction of sp³-hybridized carbons (Fsp3) is 0.386. The number of hydrogen-bond donors (Lipinski definition) is 3. The van der Waals surface area contributed by atoms with Gasteiger partial charge in [0.25, 0.3) is 6.47 Å². The standard InChI is InChI=1S/C37H43N2O9P.C15H19NO6.C2H4O.C2H6.CH4/c1-5-31(15-28-8-12-35(38-4)13-9-28)32-10-6-27(7-11-32)14-30(18-45-23-40)20-48-37(44)39-36-33(21-47-26(3)43)16-29(19-46-25(2)42)17-34(36)22-49-24-41;1-9(17)20-6-12-4-13(7-21-10(2)18)15(16)14(5-12)8-22-11(3)19;1-2-3;1-2;/h6-14,16-17,23-24,31,38,49H,5,15,18-22H2,1-4H3,(H,39,44);4-5H,6-8,16H2,1-3H3;2H,1H3;1-2H3;1H4/b30-14+;;;;. The van der Waals surface area contributed by atoms with Crippen LogP contribution in [-0.4, -0.2) is 75.0 Å². The van der Waals surface area contributed by atoms with Crippen molar-refractivity contribution in [1.29, 1.82) is 0 Å². The summed E-state index contributed by atoms with van der Waals surface area (Å²) in [5.74, 6) is -1.96. The molecule has 0 heterocycles. The van der Waals surface area contributed by atoms with Gasteiger partial charge in [0.05, 0.1) is 5.69 Å². The largest absolute Gasteiger partial charge is 0.463 e. The van der Waals surface area contributed by atoms with Crippen molar-refractivity contribution in [3.8, 4) is 0 Å². The Labute approximate surface area is 454 Å². The molecule has 19 nitrogen and oxygen atoms in total. The Bertz CT molecular complexity index is 2510. The van der Waals surface area contributed by atoms with Gasteiger partial charge in [0.2, 0.25) is 0 Å². The molecular weight excluding hydrogens is 1010 g/mol. The lowest BCUT2D eigenvalue weighted by Crippen LogP contribution is -2.19. The van der Waals surface area contributed by atoms with Gasteiger partial charge in [-0.25, -0.2) is 4.79 Å². The molecule has 0 aromatic heterocycles. The minimum absolute atomic E-state index is 0. The lowest BCUT2D eigenvalue weighted by atomic mass is 9.89. The van der Waals surface area contributed by atoms with Gasteiger partial charge in [-0.05, 0) is 116 Å². The molecule has 0 bridgehead atoms. The summed E-state index contributed by atoms with van der Waals surface area (Å²) in [6, 6.07) is 24.0. The molecule has 4 rings (SSSR count). The van der Waals surface area contributed by atoms with E-state index in [1.54, 1.807) is 30.3 Å². The number of nitrogens with one attached hydrogen (secondary N) is 2. The monoisotopic (exact) mass is 1090 g/mol. The summed E-state index contributed by atoms with van der Waals surface area (Å²) in [7, 11) is 1.79. The van der Waals surface area contributed by atoms with Crippen LogP contribution in [0.15, 0.2) is 78.4 Å². The van der Waals surface area contributed by atoms with E-state index in [4.69, 9.17) is 43.7 Å². The summed E-state index contributed by atoms with van der Waals surface area (Å²) >= 11 is 0. The number of hydrogen-bond acceptors (Lipinski definition) is 18. The van der Waals surface area contributed by atoms with Crippen LogP contribution in [0, 0.1) is 0 Å². The third kappa shape index (κ3) is 28.5. The van der Waals surface area contributed by atoms with Crippen LogP contribution in [0.5, 0.6) is 0 Å². The van der Waals surface area contributed by atoms with Crippen LogP contribution < -0.4 is 16.4 Å². The van der Waals surface area contributed by atoms with E-state index in [0.29, 0.717) is 62.7 Å². The van der Waals surface area contributed by atoms with Crippen LogP contribution in [0.25, 0.3) is 6.08 Å². The first kappa shape index (κ1) is 69.1. The highest BCUT2D eigenvalue weighted by Crippen LogP contribution is 2.31. The number of anilines is 3. The van der Waals surface area contributed by atoms with Gasteiger partial charge < -0.3 is 49.0 Å². The zero-order valence-electron chi connectivity index (χ0n) is 45.0. The number of amides is 1. The van der Waals surface area contributed by atoms with E-state index in [-0.39, 0.29) is 68.4 Å². The quantitative estimate of drug-likeness (QED) is 0.0183. The van der Waals surface area contributed by atoms with E-state index in [1.807, 2.05) is 33.0 Å². The summed E-state index contributed by atoms with van der Waals surface area (Å²) in [4.78, 5) is 99.8. The molecule has 0 fully saturated rings. The van der Waals surface area contributed by atoms with Gasteiger partial charge in [-0.15, -0.1) is 0 Å². The first-order valence-electron chi connectivity index (χ1n) is 24.2. The van der Waals surface area contributed by atoms with Gasteiger partial charge in [0, 0.05) is 75.3 Å². The van der Waals surface area contributed by atoms with Crippen LogP contribution in [0.3, 0.4) is 0 Å². The number of ether oxygens (including phenoxy) is 7. The third-order valence-electron chi connectivity index (χ3n) is 10.3. The number of esters is 5. The van der Waals surface area contributed by atoms with Crippen LogP contribution in [0.4, 0.5) is 21.9 Å². The highest BCUT2D eigenvalue weighted by atomic mass is 31.1. The number of nitrogens with two attached hydrogens (primary N) is 1. The maximum Gasteiger partial charge on any atom is 0.411 e. The van der Waals surface area contributed by atoms with Crippen molar-refractivity contribution in [2.45, 2.75) is 128 Å². The van der Waals surface area contributed by atoms with Gasteiger partial charge >= 0.3 is 35.9 Å². The van der Waals surface area contributed by atoms with E-state index in [0.717, 1.165) is 36.4 Å². The van der Waals surface area contributed by atoms with Crippen molar-refractivity contribution in [2.75, 3.05) is 36.6 Å². The van der Waals surface area contributed by atoms with Crippen molar-refractivity contribution < 1.29 is 76.3 Å². The summed E-state index contributed by atoms with van der Waals surface area (Å²) in [5, 5.41) is 5.86. The topological polar surface area (TPSA) is 268 Å². The van der Waals surface area contributed by atoms with E-state index in [1.165, 1.54) is 52.7 Å². The number of carbonyl (C=O) groups is 9. The van der Waals surface area contributed by atoms with Crippen LogP contribution in [0.2, 0.25) is 0 Å². The fourth-order valence-corrected chi connectivity index (χ4v) is 7.40. The smallest absolute Gasteiger partial charge is 0.411 e. The Hall–Kier alpha value is -7.92. The van der Waals surface area contributed by atoms with E-state index in [2.05, 4.69) is 54.0 Å². The Morgan fingerprint density at radius 3 is 1.52 bits per heavy atom. The highest BCUT2D eigenvalue weighted by molar-refractivity contribution is 7.54.